The number of esters is 1. The Morgan fingerprint density at radius 3 is 2.43 bits per heavy atom. The highest BCUT2D eigenvalue weighted by Gasteiger charge is 2.33. The highest BCUT2D eigenvalue weighted by molar-refractivity contribution is 5.80. The summed E-state index contributed by atoms with van der Waals surface area (Å²) in [4.78, 5) is 12.1. The van der Waals surface area contributed by atoms with Gasteiger partial charge in [-0.15, -0.1) is 0 Å². The van der Waals surface area contributed by atoms with Crippen LogP contribution < -0.4 is 5.32 Å². The molecule has 0 amide bonds. The lowest BCUT2D eigenvalue weighted by molar-refractivity contribution is -0.148. The van der Waals surface area contributed by atoms with Crippen LogP contribution in [0.2, 0.25) is 0 Å². The van der Waals surface area contributed by atoms with Gasteiger partial charge in [-0.3, -0.25) is 10.1 Å². The van der Waals surface area contributed by atoms with Crippen molar-refractivity contribution in [3.63, 3.8) is 0 Å². The molecule has 1 aromatic rings. The second-order valence-corrected chi connectivity index (χ2v) is 5.83. The average Bonchev–Trinajstić information content (AvgIpc) is 2.53. The number of hydrogen-bond acceptors (Lipinski definition) is 3. The van der Waals surface area contributed by atoms with Gasteiger partial charge < -0.3 is 4.74 Å². The molecule has 0 fully saturated rings. The van der Waals surface area contributed by atoms with E-state index in [1.807, 2.05) is 25.1 Å². The molecular formula is C18H29NO2. The summed E-state index contributed by atoms with van der Waals surface area (Å²) >= 11 is 0. The van der Waals surface area contributed by atoms with Gasteiger partial charge in [0.15, 0.2) is 0 Å². The number of nitrogens with one attached hydrogen (secondary N) is 1. The van der Waals surface area contributed by atoms with Gasteiger partial charge in [0.1, 0.15) is 5.54 Å². The molecule has 21 heavy (non-hydrogen) atoms. The summed E-state index contributed by atoms with van der Waals surface area (Å²) < 4.78 is 4.98. The van der Waals surface area contributed by atoms with E-state index < -0.39 is 5.54 Å². The summed E-state index contributed by atoms with van der Waals surface area (Å²) in [6.45, 7) is 4.84. The second kappa shape index (κ2) is 9.56. The third kappa shape index (κ3) is 6.30. The first-order valence-electron chi connectivity index (χ1n) is 7.99. The molecule has 1 rings (SSSR count). The summed E-state index contributed by atoms with van der Waals surface area (Å²) in [6, 6.07) is 10.1. The number of hydrogen-bond donors (Lipinski definition) is 1. The minimum atomic E-state index is -0.600. The summed E-state index contributed by atoms with van der Waals surface area (Å²) in [5, 5.41) is 3.38. The minimum absolute atomic E-state index is 0.172. The van der Waals surface area contributed by atoms with Gasteiger partial charge >= 0.3 is 5.97 Å². The summed E-state index contributed by atoms with van der Waals surface area (Å²) in [7, 11) is 1.46. The van der Waals surface area contributed by atoms with E-state index in [0.29, 0.717) is 6.54 Å². The van der Waals surface area contributed by atoms with Crippen LogP contribution in [0.15, 0.2) is 30.3 Å². The van der Waals surface area contributed by atoms with Crippen LogP contribution in [-0.4, -0.2) is 18.6 Å². The smallest absolute Gasteiger partial charge is 0.325 e. The molecule has 118 valence electrons. The predicted octanol–water partition coefficient (Wildman–Crippen LogP) is 4.07. The van der Waals surface area contributed by atoms with E-state index in [2.05, 4.69) is 24.4 Å². The summed E-state index contributed by atoms with van der Waals surface area (Å²) in [5.74, 6) is -0.172. The van der Waals surface area contributed by atoms with Crippen LogP contribution in [0.3, 0.4) is 0 Å². The first-order valence-corrected chi connectivity index (χ1v) is 7.99. The van der Waals surface area contributed by atoms with E-state index in [-0.39, 0.29) is 5.97 Å². The number of methoxy groups -OCH3 is 1. The Balaban J connectivity index is 2.51. The van der Waals surface area contributed by atoms with Crippen LogP contribution in [0, 0.1) is 0 Å². The van der Waals surface area contributed by atoms with Crippen molar-refractivity contribution in [2.45, 2.75) is 64.5 Å². The van der Waals surface area contributed by atoms with Gasteiger partial charge in [-0.2, -0.15) is 0 Å². The van der Waals surface area contributed by atoms with Crippen LogP contribution in [0.1, 0.15) is 57.9 Å². The molecule has 1 N–H and O–H groups in total. The lowest BCUT2D eigenvalue weighted by Crippen LogP contribution is -2.49. The molecule has 1 atom stereocenters. The Labute approximate surface area is 129 Å². The zero-order chi connectivity index (χ0) is 15.6. The van der Waals surface area contributed by atoms with Crippen molar-refractivity contribution >= 4 is 5.97 Å². The number of rotatable bonds is 10. The first kappa shape index (κ1) is 17.7. The highest BCUT2D eigenvalue weighted by Crippen LogP contribution is 2.18. The third-order valence-corrected chi connectivity index (χ3v) is 3.94. The fourth-order valence-electron chi connectivity index (χ4n) is 2.46. The van der Waals surface area contributed by atoms with Gasteiger partial charge in [-0.05, 0) is 18.9 Å². The van der Waals surface area contributed by atoms with E-state index >= 15 is 0 Å². The van der Waals surface area contributed by atoms with E-state index in [1.165, 1.54) is 38.4 Å². The largest absolute Gasteiger partial charge is 0.468 e. The second-order valence-electron chi connectivity index (χ2n) is 5.83. The number of carbonyl (C=O) groups is 1. The lowest BCUT2D eigenvalue weighted by atomic mass is 9.93. The predicted molar refractivity (Wildman–Crippen MR) is 87.1 cm³/mol. The van der Waals surface area contributed by atoms with Crippen molar-refractivity contribution in [1.29, 1.82) is 0 Å². The maximum atomic E-state index is 12.1. The molecule has 0 aliphatic carbocycles. The Morgan fingerprint density at radius 1 is 1.14 bits per heavy atom. The van der Waals surface area contributed by atoms with Gasteiger partial charge in [0.2, 0.25) is 0 Å². The van der Waals surface area contributed by atoms with Crippen LogP contribution in [0.5, 0.6) is 0 Å². The van der Waals surface area contributed by atoms with E-state index in [4.69, 9.17) is 4.74 Å². The number of benzene rings is 1. The molecule has 0 aliphatic heterocycles. The molecular weight excluding hydrogens is 262 g/mol. The van der Waals surface area contributed by atoms with Crippen LogP contribution in [-0.2, 0) is 16.1 Å². The van der Waals surface area contributed by atoms with Gasteiger partial charge in [-0.1, -0.05) is 69.4 Å². The molecule has 3 nitrogen and oxygen atoms in total. The maximum Gasteiger partial charge on any atom is 0.325 e. The molecule has 0 spiro atoms. The third-order valence-electron chi connectivity index (χ3n) is 3.94. The lowest BCUT2D eigenvalue weighted by Gasteiger charge is -2.28. The number of carbonyl (C=O) groups excluding carboxylic acids is 1. The topological polar surface area (TPSA) is 38.3 Å². The molecule has 0 heterocycles. The van der Waals surface area contributed by atoms with Gasteiger partial charge in [0.25, 0.3) is 0 Å². The Kier molecular flexibility index (Phi) is 8.06. The van der Waals surface area contributed by atoms with Crippen molar-refractivity contribution in [3.05, 3.63) is 35.9 Å². The monoisotopic (exact) mass is 291 g/mol. The van der Waals surface area contributed by atoms with E-state index in [1.54, 1.807) is 0 Å². The maximum absolute atomic E-state index is 12.1. The minimum Gasteiger partial charge on any atom is -0.468 e. The van der Waals surface area contributed by atoms with Crippen molar-refractivity contribution in [2.75, 3.05) is 7.11 Å². The van der Waals surface area contributed by atoms with Crippen molar-refractivity contribution in [3.8, 4) is 0 Å². The Morgan fingerprint density at radius 2 is 1.81 bits per heavy atom. The molecule has 0 aromatic heterocycles. The SMILES string of the molecule is CCCCCCCC(C)(NCc1ccccc1)C(=O)OC. The molecule has 0 radical (unpaired) electrons. The fourth-order valence-corrected chi connectivity index (χ4v) is 2.46. The molecule has 0 saturated heterocycles. The Bertz CT molecular complexity index is 405. The number of ether oxygens (including phenoxy) is 1. The number of unbranched alkanes of at least 4 members (excludes halogenated alkanes) is 4. The standard InChI is InChI=1S/C18H29NO2/c1-4-5-6-7-11-14-18(2,17(20)21-3)19-15-16-12-9-8-10-13-16/h8-10,12-13,19H,4-7,11,14-15H2,1-3H3. The van der Waals surface area contributed by atoms with Crippen molar-refractivity contribution < 1.29 is 9.53 Å². The molecule has 0 saturated carbocycles. The molecule has 0 aliphatic rings. The van der Waals surface area contributed by atoms with Gasteiger partial charge in [0, 0.05) is 6.54 Å². The normalized spacial score (nSPS) is 13.7. The van der Waals surface area contributed by atoms with Gasteiger partial charge in [0.05, 0.1) is 7.11 Å². The van der Waals surface area contributed by atoms with E-state index in [0.717, 1.165) is 12.8 Å². The van der Waals surface area contributed by atoms with E-state index in [9.17, 15) is 4.79 Å². The molecule has 1 unspecified atom stereocenters. The van der Waals surface area contributed by atoms with Crippen LogP contribution in [0.25, 0.3) is 0 Å². The summed E-state index contributed by atoms with van der Waals surface area (Å²) in [5.41, 5.74) is 0.579. The fraction of sp³-hybridized carbons (Fsp3) is 0.611. The average molecular weight is 291 g/mol. The quantitative estimate of drug-likeness (QED) is 0.521. The first-order chi connectivity index (χ1) is 10.1. The van der Waals surface area contributed by atoms with Gasteiger partial charge in [-0.25, -0.2) is 0 Å². The van der Waals surface area contributed by atoms with Crippen LogP contribution >= 0.6 is 0 Å². The zero-order valence-corrected chi connectivity index (χ0v) is 13.7. The van der Waals surface area contributed by atoms with Crippen LogP contribution in [0.4, 0.5) is 0 Å². The highest BCUT2D eigenvalue weighted by atomic mass is 16.5. The molecule has 3 heteroatoms. The molecule has 0 bridgehead atoms. The van der Waals surface area contributed by atoms with Crippen molar-refractivity contribution in [1.82, 2.24) is 5.32 Å². The van der Waals surface area contributed by atoms with Crippen molar-refractivity contribution in [2.24, 2.45) is 0 Å². The molecule has 1 aromatic carbocycles. The Hall–Kier alpha value is -1.35. The summed E-state index contributed by atoms with van der Waals surface area (Å²) in [6.07, 6.45) is 6.79. The zero-order valence-electron chi connectivity index (χ0n) is 13.7.